The summed E-state index contributed by atoms with van der Waals surface area (Å²) in [6.07, 6.45) is 1.54. The van der Waals surface area contributed by atoms with E-state index in [9.17, 15) is 18.0 Å². The molecule has 0 radical (unpaired) electrons. The van der Waals surface area contributed by atoms with Gasteiger partial charge in [0.25, 0.3) is 11.1 Å². The second kappa shape index (κ2) is 11.7. The van der Waals surface area contributed by atoms with Crippen molar-refractivity contribution in [3.05, 3.63) is 88.3 Å². The molecular weight excluding hydrogens is 538 g/mol. The number of hydrogen-bond acceptors (Lipinski definition) is 8. The molecule has 1 aliphatic rings. The lowest BCUT2D eigenvalue weighted by Crippen LogP contribution is -2.32. The lowest BCUT2D eigenvalue weighted by atomic mass is 10.2. The van der Waals surface area contributed by atoms with Gasteiger partial charge in [0.05, 0.1) is 18.1 Å². The minimum absolute atomic E-state index is 0.00948. The van der Waals surface area contributed by atoms with Crippen LogP contribution in [0.25, 0.3) is 6.08 Å². The molecule has 1 heterocycles. The quantitative estimate of drug-likeness (QED) is 0.233. The van der Waals surface area contributed by atoms with Crippen LogP contribution in [0.15, 0.2) is 82.6 Å². The van der Waals surface area contributed by atoms with E-state index >= 15 is 0 Å². The maximum absolute atomic E-state index is 12.8. The summed E-state index contributed by atoms with van der Waals surface area (Å²) in [6.45, 7) is 2.22. The smallest absolute Gasteiger partial charge is 0.339 e. The average Bonchev–Trinajstić information content (AvgIpc) is 3.14. The molecule has 11 heteroatoms. The van der Waals surface area contributed by atoms with Gasteiger partial charge >= 0.3 is 10.1 Å². The van der Waals surface area contributed by atoms with Gasteiger partial charge in [-0.1, -0.05) is 35.9 Å². The van der Waals surface area contributed by atoms with E-state index in [1.807, 2.05) is 0 Å². The molecule has 0 N–H and O–H groups in total. The van der Waals surface area contributed by atoms with Gasteiger partial charge in [-0.15, -0.1) is 0 Å². The van der Waals surface area contributed by atoms with Gasteiger partial charge in [-0.05, 0) is 78.9 Å². The predicted molar refractivity (Wildman–Crippen MR) is 141 cm³/mol. The number of ether oxygens (including phenoxy) is 2. The third-order valence-electron chi connectivity index (χ3n) is 5.07. The van der Waals surface area contributed by atoms with Crippen molar-refractivity contribution in [2.75, 3.05) is 19.8 Å². The molecule has 0 unspecified atom stereocenters. The van der Waals surface area contributed by atoms with Crippen LogP contribution in [-0.2, 0) is 14.9 Å². The molecule has 37 heavy (non-hydrogen) atoms. The Kier molecular flexibility index (Phi) is 8.42. The summed E-state index contributed by atoms with van der Waals surface area (Å²) in [5.41, 5.74) is 0.538. The summed E-state index contributed by atoms with van der Waals surface area (Å²) in [4.78, 5) is 26.6. The van der Waals surface area contributed by atoms with Crippen LogP contribution in [-0.4, -0.2) is 44.2 Å². The highest BCUT2D eigenvalue weighted by molar-refractivity contribution is 8.18. The topological polar surface area (TPSA) is 99.2 Å². The Hall–Kier alpha value is -3.47. The van der Waals surface area contributed by atoms with Crippen LogP contribution in [0, 0.1) is 0 Å². The lowest BCUT2D eigenvalue weighted by molar-refractivity contribution is -0.123. The van der Waals surface area contributed by atoms with Crippen molar-refractivity contribution >= 4 is 50.7 Å². The predicted octanol–water partition coefficient (Wildman–Crippen LogP) is 5.62. The van der Waals surface area contributed by atoms with Crippen LogP contribution >= 0.6 is 23.4 Å². The summed E-state index contributed by atoms with van der Waals surface area (Å²) >= 11 is 6.67. The summed E-state index contributed by atoms with van der Waals surface area (Å²) in [6, 6.07) is 19.1. The Balaban J connectivity index is 1.47. The van der Waals surface area contributed by atoms with E-state index in [0.29, 0.717) is 16.3 Å². The highest BCUT2D eigenvalue weighted by Crippen LogP contribution is 2.35. The van der Waals surface area contributed by atoms with Gasteiger partial charge in [0, 0.05) is 5.02 Å². The minimum atomic E-state index is -4.07. The third kappa shape index (κ3) is 6.65. The molecule has 0 saturated carbocycles. The number of carbonyl (C=O) groups is 2. The molecular formula is C26H22ClNO7S2. The molecule has 1 fully saturated rings. The summed E-state index contributed by atoms with van der Waals surface area (Å²) in [5.74, 6) is 0.327. The van der Waals surface area contributed by atoms with E-state index in [4.69, 9.17) is 25.3 Å². The van der Waals surface area contributed by atoms with E-state index in [1.165, 1.54) is 18.2 Å². The Morgan fingerprint density at radius 3 is 2.38 bits per heavy atom. The second-order valence-corrected chi connectivity index (χ2v) is 10.6. The molecule has 8 nitrogen and oxygen atoms in total. The maximum Gasteiger partial charge on any atom is 0.339 e. The van der Waals surface area contributed by atoms with Crippen molar-refractivity contribution < 1.29 is 31.7 Å². The van der Waals surface area contributed by atoms with Gasteiger partial charge in [0.2, 0.25) is 0 Å². The number of rotatable bonds is 10. The van der Waals surface area contributed by atoms with Crippen molar-refractivity contribution in [1.82, 2.24) is 4.90 Å². The lowest BCUT2D eigenvalue weighted by Gasteiger charge is -2.13. The van der Waals surface area contributed by atoms with E-state index in [2.05, 4.69) is 0 Å². The van der Waals surface area contributed by atoms with E-state index in [1.54, 1.807) is 67.6 Å². The molecule has 192 valence electrons. The van der Waals surface area contributed by atoms with E-state index < -0.39 is 21.3 Å². The zero-order valence-electron chi connectivity index (χ0n) is 19.6. The first-order chi connectivity index (χ1) is 17.8. The van der Waals surface area contributed by atoms with Gasteiger partial charge in [-0.3, -0.25) is 14.5 Å². The number of benzene rings is 3. The number of thioether (sulfide) groups is 1. The summed E-state index contributed by atoms with van der Waals surface area (Å²) < 4.78 is 41.7. The minimum Gasteiger partial charge on any atom is -0.492 e. The Morgan fingerprint density at radius 1 is 0.946 bits per heavy atom. The van der Waals surface area contributed by atoms with E-state index in [0.717, 1.165) is 16.7 Å². The molecule has 0 atom stereocenters. The molecule has 4 rings (SSSR count). The molecule has 0 spiro atoms. The molecule has 0 bridgehead atoms. The van der Waals surface area contributed by atoms with Crippen molar-refractivity contribution in [3.8, 4) is 17.2 Å². The van der Waals surface area contributed by atoms with Crippen LogP contribution in [0.2, 0.25) is 5.02 Å². The van der Waals surface area contributed by atoms with Gasteiger partial charge in [0.15, 0.2) is 11.5 Å². The molecule has 2 amide bonds. The Bertz CT molecular complexity index is 1430. The molecule has 1 aliphatic heterocycles. The number of nitrogens with zero attached hydrogens (tertiary/aromatic N) is 1. The van der Waals surface area contributed by atoms with Gasteiger partial charge < -0.3 is 13.7 Å². The van der Waals surface area contributed by atoms with Crippen LogP contribution in [0.1, 0.15) is 12.5 Å². The van der Waals surface area contributed by atoms with Crippen LogP contribution < -0.4 is 13.7 Å². The average molecular weight is 560 g/mol. The number of imide groups is 1. The zero-order chi connectivity index (χ0) is 26.4. The van der Waals surface area contributed by atoms with Crippen LogP contribution in [0.4, 0.5) is 4.79 Å². The number of amides is 2. The summed E-state index contributed by atoms with van der Waals surface area (Å²) in [5, 5.41) is 0.170. The fourth-order valence-electron chi connectivity index (χ4n) is 3.33. The second-order valence-electron chi connectivity index (χ2n) is 7.63. The monoisotopic (exact) mass is 559 g/mol. The fraction of sp³-hybridized carbons (Fsp3) is 0.154. The van der Waals surface area contributed by atoms with Crippen molar-refractivity contribution in [3.63, 3.8) is 0 Å². The normalized spacial score (nSPS) is 14.8. The first-order valence-electron chi connectivity index (χ1n) is 11.2. The maximum atomic E-state index is 12.8. The zero-order valence-corrected chi connectivity index (χ0v) is 22.0. The molecule has 0 aliphatic carbocycles. The molecule has 3 aromatic rings. The molecule has 1 saturated heterocycles. The van der Waals surface area contributed by atoms with E-state index in [-0.39, 0.29) is 41.1 Å². The fourth-order valence-corrected chi connectivity index (χ4v) is 5.29. The third-order valence-corrected chi connectivity index (χ3v) is 7.48. The highest BCUT2D eigenvalue weighted by Gasteiger charge is 2.35. The summed E-state index contributed by atoms with van der Waals surface area (Å²) in [7, 11) is -4.07. The van der Waals surface area contributed by atoms with Crippen molar-refractivity contribution in [1.29, 1.82) is 0 Å². The van der Waals surface area contributed by atoms with Crippen molar-refractivity contribution in [2.45, 2.75) is 11.8 Å². The molecule has 3 aromatic carbocycles. The van der Waals surface area contributed by atoms with Gasteiger partial charge in [-0.25, -0.2) is 0 Å². The van der Waals surface area contributed by atoms with Crippen LogP contribution in [0.3, 0.4) is 0 Å². The van der Waals surface area contributed by atoms with Gasteiger partial charge in [-0.2, -0.15) is 8.42 Å². The van der Waals surface area contributed by atoms with Crippen LogP contribution in [0.5, 0.6) is 17.2 Å². The highest BCUT2D eigenvalue weighted by atomic mass is 35.5. The Labute approximate surface area is 223 Å². The number of halogens is 1. The van der Waals surface area contributed by atoms with Gasteiger partial charge in [0.1, 0.15) is 17.3 Å². The number of hydrogen-bond donors (Lipinski definition) is 0. The first-order valence-corrected chi connectivity index (χ1v) is 13.8. The SMILES string of the molecule is CCOc1cc(/C=C2\SC(=O)N(CCOc3ccc(Cl)cc3)C2=O)ccc1OS(=O)(=O)c1ccccc1. The molecule has 0 aromatic heterocycles. The standard InChI is InChI=1S/C26H22ClNO7S2/c1-2-33-23-16-18(8-13-22(23)35-37(31,32)21-6-4-3-5-7-21)17-24-25(29)28(26(30)36-24)14-15-34-20-11-9-19(27)10-12-20/h3-13,16-17H,2,14-15H2,1H3/b24-17-. The number of carbonyl (C=O) groups excluding carboxylic acids is 2. The van der Waals surface area contributed by atoms with Crippen molar-refractivity contribution in [2.24, 2.45) is 0 Å². The largest absolute Gasteiger partial charge is 0.492 e. The Morgan fingerprint density at radius 2 is 1.68 bits per heavy atom. The first kappa shape index (κ1) is 26.6.